The standard InChI is InChI=1S/C12H20N2.ClH/c1-9(2)10(3)14-8-12-6-5-7-13-11(12)4;/h5-7,9-10,14H,8H2,1-4H3;1H. The number of aromatic nitrogens is 1. The van der Waals surface area contributed by atoms with E-state index in [1.165, 1.54) is 5.56 Å². The van der Waals surface area contributed by atoms with E-state index in [9.17, 15) is 0 Å². The summed E-state index contributed by atoms with van der Waals surface area (Å²) in [6, 6.07) is 4.67. The molecule has 2 nitrogen and oxygen atoms in total. The van der Waals surface area contributed by atoms with E-state index in [0.717, 1.165) is 12.2 Å². The molecule has 3 heteroatoms. The number of nitrogens with zero attached hydrogens (tertiary/aromatic N) is 1. The van der Waals surface area contributed by atoms with E-state index in [-0.39, 0.29) is 12.4 Å². The highest BCUT2D eigenvalue weighted by atomic mass is 35.5. The topological polar surface area (TPSA) is 24.9 Å². The Morgan fingerprint density at radius 2 is 2.00 bits per heavy atom. The zero-order valence-corrected chi connectivity index (χ0v) is 10.8. The van der Waals surface area contributed by atoms with Gasteiger partial charge in [0.1, 0.15) is 0 Å². The van der Waals surface area contributed by atoms with Gasteiger partial charge in [-0.2, -0.15) is 0 Å². The molecule has 0 fully saturated rings. The lowest BCUT2D eigenvalue weighted by Crippen LogP contribution is -2.30. The molecule has 1 rings (SSSR count). The fourth-order valence-corrected chi connectivity index (χ4v) is 1.21. The average molecular weight is 229 g/mol. The van der Waals surface area contributed by atoms with Crippen LogP contribution < -0.4 is 5.32 Å². The lowest BCUT2D eigenvalue weighted by atomic mass is 10.1. The quantitative estimate of drug-likeness (QED) is 0.857. The van der Waals surface area contributed by atoms with Crippen LogP contribution in [0.5, 0.6) is 0 Å². The van der Waals surface area contributed by atoms with Crippen molar-refractivity contribution in [2.75, 3.05) is 0 Å². The van der Waals surface area contributed by atoms with Crippen molar-refractivity contribution >= 4 is 12.4 Å². The van der Waals surface area contributed by atoms with Crippen molar-refractivity contribution in [2.24, 2.45) is 5.92 Å². The van der Waals surface area contributed by atoms with Crippen molar-refractivity contribution < 1.29 is 0 Å². The molecule has 0 amide bonds. The first kappa shape index (κ1) is 14.4. The number of aryl methyl sites for hydroxylation is 1. The van der Waals surface area contributed by atoms with E-state index in [1.54, 1.807) is 0 Å². The lowest BCUT2D eigenvalue weighted by molar-refractivity contribution is 0.425. The van der Waals surface area contributed by atoms with E-state index in [0.29, 0.717) is 12.0 Å². The van der Waals surface area contributed by atoms with Crippen molar-refractivity contribution in [1.82, 2.24) is 10.3 Å². The van der Waals surface area contributed by atoms with Crippen LogP contribution in [0.1, 0.15) is 32.0 Å². The van der Waals surface area contributed by atoms with Crippen molar-refractivity contribution in [3.8, 4) is 0 Å². The zero-order valence-electron chi connectivity index (χ0n) is 9.95. The van der Waals surface area contributed by atoms with Gasteiger partial charge in [-0.05, 0) is 31.4 Å². The van der Waals surface area contributed by atoms with E-state index in [1.807, 2.05) is 12.3 Å². The Bertz CT molecular complexity index is 287. The summed E-state index contributed by atoms with van der Waals surface area (Å²) in [6.45, 7) is 9.65. The smallest absolute Gasteiger partial charge is 0.0417 e. The first-order chi connectivity index (χ1) is 6.61. The minimum Gasteiger partial charge on any atom is -0.310 e. The molecule has 0 aromatic carbocycles. The maximum atomic E-state index is 4.26. The molecule has 0 radical (unpaired) electrons. The lowest BCUT2D eigenvalue weighted by Gasteiger charge is -2.17. The van der Waals surface area contributed by atoms with Crippen LogP contribution in [0.2, 0.25) is 0 Å². The van der Waals surface area contributed by atoms with Crippen LogP contribution in [0.15, 0.2) is 18.3 Å². The summed E-state index contributed by atoms with van der Waals surface area (Å²) in [5.74, 6) is 0.673. The normalized spacial score (nSPS) is 12.3. The molecular weight excluding hydrogens is 208 g/mol. The molecule has 1 heterocycles. The van der Waals surface area contributed by atoms with Gasteiger partial charge in [0.05, 0.1) is 0 Å². The number of hydrogen-bond acceptors (Lipinski definition) is 2. The monoisotopic (exact) mass is 228 g/mol. The summed E-state index contributed by atoms with van der Waals surface area (Å²) in [5, 5.41) is 3.50. The fourth-order valence-electron chi connectivity index (χ4n) is 1.21. The molecule has 0 bridgehead atoms. The summed E-state index contributed by atoms with van der Waals surface area (Å²) in [4.78, 5) is 4.26. The van der Waals surface area contributed by atoms with E-state index < -0.39 is 0 Å². The minimum atomic E-state index is 0. The van der Waals surface area contributed by atoms with Gasteiger partial charge in [-0.3, -0.25) is 4.98 Å². The minimum absolute atomic E-state index is 0. The highest BCUT2D eigenvalue weighted by molar-refractivity contribution is 5.85. The van der Waals surface area contributed by atoms with E-state index in [4.69, 9.17) is 0 Å². The Hall–Kier alpha value is -0.600. The Balaban J connectivity index is 0.00000196. The SMILES string of the molecule is Cc1ncccc1CNC(C)C(C)C.Cl. The van der Waals surface area contributed by atoms with Crippen molar-refractivity contribution in [3.63, 3.8) is 0 Å². The largest absolute Gasteiger partial charge is 0.310 e. The van der Waals surface area contributed by atoms with Crippen LogP contribution in [-0.2, 0) is 6.54 Å². The highest BCUT2D eigenvalue weighted by Crippen LogP contribution is 2.05. The summed E-state index contributed by atoms with van der Waals surface area (Å²) in [7, 11) is 0. The van der Waals surface area contributed by atoms with Gasteiger partial charge in [0.2, 0.25) is 0 Å². The molecule has 0 aliphatic heterocycles. The second-order valence-corrected chi connectivity index (χ2v) is 4.16. The van der Waals surface area contributed by atoms with Gasteiger partial charge in [0, 0.05) is 24.5 Å². The van der Waals surface area contributed by atoms with Crippen molar-refractivity contribution in [1.29, 1.82) is 0 Å². The van der Waals surface area contributed by atoms with Crippen LogP contribution in [0.3, 0.4) is 0 Å². The van der Waals surface area contributed by atoms with Crippen LogP contribution in [-0.4, -0.2) is 11.0 Å². The maximum Gasteiger partial charge on any atom is 0.0417 e. The van der Waals surface area contributed by atoms with Gasteiger partial charge in [-0.15, -0.1) is 12.4 Å². The van der Waals surface area contributed by atoms with Crippen LogP contribution in [0.25, 0.3) is 0 Å². The summed E-state index contributed by atoms with van der Waals surface area (Å²) in [6.07, 6.45) is 1.84. The molecule has 1 unspecified atom stereocenters. The van der Waals surface area contributed by atoms with Gasteiger partial charge in [0.25, 0.3) is 0 Å². The molecule has 1 aromatic heterocycles. The van der Waals surface area contributed by atoms with Crippen molar-refractivity contribution in [3.05, 3.63) is 29.6 Å². The Morgan fingerprint density at radius 1 is 1.33 bits per heavy atom. The molecule has 0 spiro atoms. The average Bonchev–Trinajstić information content (AvgIpc) is 2.16. The van der Waals surface area contributed by atoms with Gasteiger partial charge < -0.3 is 5.32 Å². The summed E-state index contributed by atoms with van der Waals surface area (Å²) in [5.41, 5.74) is 2.41. The number of halogens is 1. The molecule has 1 aromatic rings. The third kappa shape index (κ3) is 4.63. The number of rotatable bonds is 4. The maximum absolute atomic E-state index is 4.26. The third-order valence-electron chi connectivity index (χ3n) is 2.73. The second kappa shape index (κ2) is 6.81. The van der Waals surface area contributed by atoms with Gasteiger partial charge in [-0.1, -0.05) is 19.9 Å². The van der Waals surface area contributed by atoms with E-state index in [2.05, 4.69) is 44.1 Å². The molecule has 86 valence electrons. The number of nitrogens with one attached hydrogen (secondary N) is 1. The fraction of sp³-hybridized carbons (Fsp3) is 0.583. The molecule has 1 N–H and O–H groups in total. The first-order valence-corrected chi connectivity index (χ1v) is 5.25. The molecule has 0 aliphatic carbocycles. The molecule has 0 saturated heterocycles. The molecule has 15 heavy (non-hydrogen) atoms. The highest BCUT2D eigenvalue weighted by Gasteiger charge is 2.06. The van der Waals surface area contributed by atoms with Crippen LogP contribution >= 0.6 is 12.4 Å². The second-order valence-electron chi connectivity index (χ2n) is 4.16. The first-order valence-electron chi connectivity index (χ1n) is 5.25. The Kier molecular flexibility index (Phi) is 6.53. The van der Waals surface area contributed by atoms with Gasteiger partial charge in [0.15, 0.2) is 0 Å². The number of hydrogen-bond donors (Lipinski definition) is 1. The van der Waals surface area contributed by atoms with Crippen molar-refractivity contribution in [2.45, 2.75) is 40.3 Å². The summed E-state index contributed by atoms with van der Waals surface area (Å²) < 4.78 is 0. The van der Waals surface area contributed by atoms with E-state index >= 15 is 0 Å². The third-order valence-corrected chi connectivity index (χ3v) is 2.73. The molecule has 0 aliphatic rings. The summed E-state index contributed by atoms with van der Waals surface area (Å²) >= 11 is 0. The Labute approximate surface area is 98.9 Å². The predicted octanol–water partition coefficient (Wildman–Crippen LogP) is 2.95. The number of pyridine rings is 1. The molecular formula is C12H21ClN2. The molecule has 0 saturated carbocycles. The Morgan fingerprint density at radius 3 is 2.53 bits per heavy atom. The predicted molar refractivity (Wildman–Crippen MR) is 67.4 cm³/mol. The zero-order chi connectivity index (χ0) is 10.6. The van der Waals surface area contributed by atoms with Gasteiger partial charge in [-0.25, -0.2) is 0 Å². The van der Waals surface area contributed by atoms with Crippen LogP contribution in [0.4, 0.5) is 0 Å². The molecule has 1 atom stereocenters. The van der Waals surface area contributed by atoms with Crippen LogP contribution in [0, 0.1) is 12.8 Å². The van der Waals surface area contributed by atoms with Gasteiger partial charge >= 0.3 is 0 Å².